The van der Waals surface area contributed by atoms with Gasteiger partial charge in [0.05, 0.1) is 5.92 Å². The molecule has 1 aliphatic carbocycles. The minimum absolute atomic E-state index is 0.0704. The van der Waals surface area contributed by atoms with E-state index in [0.717, 1.165) is 25.7 Å². The second-order valence-electron chi connectivity index (χ2n) is 6.90. The summed E-state index contributed by atoms with van der Waals surface area (Å²) in [4.78, 5) is 39.3. The minimum Gasteiger partial charge on any atom is -0.481 e. The Bertz CT molecular complexity index is 663. The molecule has 0 saturated heterocycles. The van der Waals surface area contributed by atoms with E-state index in [2.05, 4.69) is 10.3 Å². The second kappa shape index (κ2) is 8.32. The van der Waals surface area contributed by atoms with Crippen molar-refractivity contribution < 1.29 is 19.5 Å². The molecule has 0 bridgehead atoms. The molecule has 2 atom stereocenters. The topological polar surface area (TPSA) is 99.3 Å². The van der Waals surface area contributed by atoms with E-state index in [1.165, 1.54) is 6.92 Å². The van der Waals surface area contributed by atoms with Gasteiger partial charge in [-0.2, -0.15) is 0 Å². The smallest absolute Gasteiger partial charge is 0.308 e. The van der Waals surface area contributed by atoms with E-state index in [1.807, 2.05) is 6.92 Å². The fraction of sp³-hybridized carbons (Fsp3) is 0.632. The van der Waals surface area contributed by atoms with E-state index >= 15 is 0 Å². The van der Waals surface area contributed by atoms with Crippen molar-refractivity contribution in [3.05, 3.63) is 22.5 Å². The standard InChI is InChI=1S/C19H28N2O4/c1-4-13-16(12(3)22)11(2)20-17(13)18(23)21-15-10-8-6-5-7-9-14(15)19(24)25/h14-15,20H,4-10H2,1-3H3,(H,21,23)(H,24,25). The maximum Gasteiger partial charge on any atom is 0.308 e. The summed E-state index contributed by atoms with van der Waals surface area (Å²) < 4.78 is 0. The van der Waals surface area contributed by atoms with Crippen LogP contribution in [-0.4, -0.2) is 33.8 Å². The molecule has 25 heavy (non-hydrogen) atoms. The predicted octanol–water partition coefficient (Wildman–Crippen LogP) is 3.24. The Balaban J connectivity index is 2.26. The molecule has 2 unspecified atom stereocenters. The van der Waals surface area contributed by atoms with E-state index in [0.29, 0.717) is 41.8 Å². The Kier molecular flexibility index (Phi) is 6.39. The molecule has 1 amide bonds. The first kappa shape index (κ1) is 19.2. The van der Waals surface area contributed by atoms with E-state index in [9.17, 15) is 19.5 Å². The highest BCUT2D eigenvalue weighted by Crippen LogP contribution is 2.25. The summed E-state index contributed by atoms with van der Waals surface area (Å²) in [6.45, 7) is 5.18. The van der Waals surface area contributed by atoms with Crippen LogP contribution in [-0.2, 0) is 11.2 Å². The normalized spacial score (nSPS) is 21.2. The number of aromatic nitrogens is 1. The number of carbonyl (C=O) groups is 3. The lowest BCUT2D eigenvalue weighted by Crippen LogP contribution is -2.44. The molecule has 0 aliphatic heterocycles. The number of carboxylic acid groups (broad SMARTS) is 1. The highest BCUT2D eigenvalue weighted by atomic mass is 16.4. The van der Waals surface area contributed by atoms with Gasteiger partial charge in [-0.1, -0.05) is 32.6 Å². The zero-order chi connectivity index (χ0) is 18.6. The number of carbonyl (C=O) groups excluding carboxylic acids is 2. The molecule has 1 aliphatic rings. The van der Waals surface area contributed by atoms with Crippen molar-refractivity contribution in [3.8, 4) is 0 Å². The largest absolute Gasteiger partial charge is 0.481 e. The summed E-state index contributed by atoms with van der Waals surface area (Å²) in [6.07, 6.45) is 5.72. The average molecular weight is 348 g/mol. The number of aliphatic carboxylic acids is 1. The zero-order valence-electron chi connectivity index (χ0n) is 15.3. The van der Waals surface area contributed by atoms with Gasteiger partial charge < -0.3 is 15.4 Å². The summed E-state index contributed by atoms with van der Waals surface area (Å²) in [5, 5.41) is 12.5. The summed E-state index contributed by atoms with van der Waals surface area (Å²) >= 11 is 0. The zero-order valence-corrected chi connectivity index (χ0v) is 15.3. The lowest BCUT2D eigenvalue weighted by molar-refractivity contribution is -0.143. The molecule has 6 nitrogen and oxygen atoms in total. The second-order valence-corrected chi connectivity index (χ2v) is 6.90. The van der Waals surface area contributed by atoms with Crippen LogP contribution in [0.4, 0.5) is 0 Å². The van der Waals surface area contributed by atoms with Gasteiger partial charge in [0.15, 0.2) is 5.78 Å². The number of hydrogen-bond donors (Lipinski definition) is 3. The summed E-state index contributed by atoms with van der Waals surface area (Å²) in [5.41, 5.74) is 2.35. The van der Waals surface area contributed by atoms with Gasteiger partial charge in [-0.15, -0.1) is 0 Å². The predicted molar refractivity (Wildman–Crippen MR) is 95.0 cm³/mol. The Labute approximate surface area is 148 Å². The van der Waals surface area contributed by atoms with Crippen LogP contribution in [0.2, 0.25) is 0 Å². The van der Waals surface area contributed by atoms with Gasteiger partial charge in [0.2, 0.25) is 0 Å². The van der Waals surface area contributed by atoms with Gasteiger partial charge in [-0.05, 0) is 38.7 Å². The third-order valence-corrected chi connectivity index (χ3v) is 5.12. The number of amides is 1. The van der Waals surface area contributed by atoms with Crippen LogP contribution in [0.5, 0.6) is 0 Å². The maximum atomic E-state index is 12.8. The third-order valence-electron chi connectivity index (χ3n) is 5.12. The van der Waals surface area contributed by atoms with Crippen LogP contribution < -0.4 is 5.32 Å². The quantitative estimate of drug-likeness (QED) is 0.711. The Morgan fingerprint density at radius 3 is 2.36 bits per heavy atom. The lowest BCUT2D eigenvalue weighted by Gasteiger charge is -2.27. The molecule has 1 aromatic rings. The number of aryl methyl sites for hydroxylation is 1. The average Bonchev–Trinajstić information content (AvgIpc) is 2.86. The Morgan fingerprint density at radius 2 is 1.80 bits per heavy atom. The summed E-state index contributed by atoms with van der Waals surface area (Å²) in [7, 11) is 0. The Morgan fingerprint density at radius 1 is 1.16 bits per heavy atom. The molecule has 2 rings (SSSR count). The van der Waals surface area contributed by atoms with Crippen molar-refractivity contribution in [1.82, 2.24) is 10.3 Å². The van der Waals surface area contributed by atoms with Gasteiger partial charge in [-0.25, -0.2) is 0 Å². The maximum absolute atomic E-state index is 12.8. The number of H-pyrrole nitrogens is 1. The van der Waals surface area contributed by atoms with Crippen molar-refractivity contribution >= 4 is 17.7 Å². The van der Waals surface area contributed by atoms with Crippen molar-refractivity contribution in [2.75, 3.05) is 0 Å². The minimum atomic E-state index is -0.852. The van der Waals surface area contributed by atoms with Crippen molar-refractivity contribution in [3.63, 3.8) is 0 Å². The Hall–Kier alpha value is -2.11. The molecular weight excluding hydrogens is 320 g/mol. The third kappa shape index (κ3) is 4.30. The van der Waals surface area contributed by atoms with Crippen molar-refractivity contribution in [2.45, 2.75) is 71.8 Å². The fourth-order valence-corrected chi connectivity index (χ4v) is 3.89. The number of rotatable bonds is 5. The first-order valence-electron chi connectivity index (χ1n) is 9.12. The number of carboxylic acids is 1. The number of Topliss-reactive ketones (excluding diaryl/α,β-unsaturated/α-hetero) is 1. The molecule has 1 aromatic heterocycles. The van der Waals surface area contributed by atoms with Gasteiger partial charge in [0.1, 0.15) is 5.69 Å². The number of aromatic amines is 1. The SMILES string of the molecule is CCc1c(C(=O)NC2CCCCCCC2C(=O)O)[nH]c(C)c1C(C)=O. The van der Waals surface area contributed by atoms with Crippen LogP contribution in [0.25, 0.3) is 0 Å². The molecule has 1 heterocycles. The summed E-state index contributed by atoms with van der Waals surface area (Å²) in [6, 6.07) is -0.376. The first-order chi connectivity index (χ1) is 11.9. The summed E-state index contributed by atoms with van der Waals surface area (Å²) in [5.74, 6) is -1.80. The fourth-order valence-electron chi connectivity index (χ4n) is 3.89. The molecule has 138 valence electrons. The first-order valence-corrected chi connectivity index (χ1v) is 9.12. The van der Waals surface area contributed by atoms with Crippen LogP contribution in [0.3, 0.4) is 0 Å². The van der Waals surface area contributed by atoms with Crippen LogP contribution in [0.15, 0.2) is 0 Å². The van der Waals surface area contributed by atoms with Crippen LogP contribution >= 0.6 is 0 Å². The van der Waals surface area contributed by atoms with Gasteiger partial charge in [-0.3, -0.25) is 14.4 Å². The molecule has 0 radical (unpaired) electrons. The molecule has 1 fully saturated rings. The van der Waals surface area contributed by atoms with Gasteiger partial charge in [0.25, 0.3) is 5.91 Å². The van der Waals surface area contributed by atoms with Crippen LogP contribution in [0.1, 0.15) is 84.5 Å². The molecule has 6 heteroatoms. The highest BCUT2D eigenvalue weighted by Gasteiger charge is 2.31. The molecule has 0 aromatic carbocycles. The highest BCUT2D eigenvalue weighted by molar-refractivity contribution is 6.02. The van der Waals surface area contributed by atoms with E-state index in [-0.39, 0.29) is 17.7 Å². The van der Waals surface area contributed by atoms with Gasteiger partial charge >= 0.3 is 5.97 Å². The number of ketones is 1. The number of hydrogen-bond acceptors (Lipinski definition) is 3. The van der Waals surface area contributed by atoms with Crippen molar-refractivity contribution in [2.24, 2.45) is 5.92 Å². The van der Waals surface area contributed by atoms with E-state index < -0.39 is 11.9 Å². The molecular formula is C19H28N2O4. The molecule has 3 N–H and O–H groups in total. The monoisotopic (exact) mass is 348 g/mol. The lowest BCUT2D eigenvalue weighted by atomic mass is 9.86. The number of nitrogens with one attached hydrogen (secondary N) is 2. The van der Waals surface area contributed by atoms with Gasteiger partial charge in [0, 0.05) is 17.3 Å². The van der Waals surface area contributed by atoms with E-state index in [1.54, 1.807) is 6.92 Å². The van der Waals surface area contributed by atoms with Crippen molar-refractivity contribution in [1.29, 1.82) is 0 Å². The molecule has 1 saturated carbocycles. The molecule has 0 spiro atoms. The van der Waals surface area contributed by atoms with Crippen LogP contribution in [0, 0.1) is 12.8 Å². The van der Waals surface area contributed by atoms with E-state index in [4.69, 9.17) is 0 Å².